The second-order valence-corrected chi connectivity index (χ2v) is 1.14. The van der Waals surface area contributed by atoms with Gasteiger partial charge in [-0.15, -0.1) is 0 Å². The summed E-state index contributed by atoms with van der Waals surface area (Å²) in [5.74, 6) is 0. The first-order chi connectivity index (χ1) is 3.18. The van der Waals surface area contributed by atoms with Crippen LogP contribution in [0.15, 0.2) is 0 Å². The van der Waals surface area contributed by atoms with Crippen molar-refractivity contribution in [3.8, 4) is 0 Å². The van der Waals surface area contributed by atoms with Gasteiger partial charge < -0.3 is 10.0 Å². The van der Waals surface area contributed by atoms with Gasteiger partial charge in [-0.3, -0.25) is 0 Å². The zero-order valence-electron chi connectivity index (χ0n) is 4.22. The van der Waals surface area contributed by atoms with Gasteiger partial charge in [-0.2, -0.15) is 0 Å². The lowest BCUT2D eigenvalue weighted by Gasteiger charge is -2.06. The van der Waals surface area contributed by atoms with E-state index < -0.39 is 6.09 Å². The number of rotatable bonds is 1. The van der Waals surface area contributed by atoms with Crippen molar-refractivity contribution in [1.29, 1.82) is 0 Å². The minimum Gasteiger partial charge on any atom is -0.465 e. The Hall–Kier alpha value is -0.730. The summed E-state index contributed by atoms with van der Waals surface area (Å²) in [6, 6.07) is 0. The third kappa shape index (κ3) is 2.03. The molecule has 0 bridgehead atoms. The monoisotopic (exact) mass is 102 g/mol. The topological polar surface area (TPSA) is 40.5 Å². The largest absolute Gasteiger partial charge is 0.465 e. The molecule has 1 N–H and O–H groups in total. The van der Waals surface area contributed by atoms with Crippen LogP contribution in [0, 0.1) is 7.05 Å². The number of nitrogens with zero attached hydrogens (tertiary/aromatic N) is 1. The lowest BCUT2D eigenvalue weighted by molar-refractivity contribution is 0.164. The van der Waals surface area contributed by atoms with Crippen molar-refractivity contribution in [1.82, 2.24) is 4.90 Å². The van der Waals surface area contributed by atoms with Crippen molar-refractivity contribution in [3.63, 3.8) is 0 Å². The van der Waals surface area contributed by atoms with Crippen molar-refractivity contribution in [2.45, 2.75) is 6.92 Å². The number of carbonyl (C=O) groups is 1. The summed E-state index contributed by atoms with van der Waals surface area (Å²) >= 11 is 0. The van der Waals surface area contributed by atoms with E-state index in [9.17, 15) is 4.79 Å². The molecule has 0 aliphatic heterocycles. The molecule has 0 saturated carbocycles. The summed E-state index contributed by atoms with van der Waals surface area (Å²) in [7, 11) is 3.19. The Morgan fingerprint density at radius 1 is 2.00 bits per heavy atom. The highest BCUT2D eigenvalue weighted by Gasteiger charge is 1.98. The standard InChI is InChI=1S/C4H8NO2/c1-3-5(2)4(6)7/h2-3H2,1H3,(H,6,7). The van der Waals surface area contributed by atoms with Crippen LogP contribution in [-0.2, 0) is 0 Å². The van der Waals surface area contributed by atoms with Crippen LogP contribution in [0.25, 0.3) is 0 Å². The third-order valence-electron chi connectivity index (χ3n) is 0.652. The maximum atomic E-state index is 9.79. The summed E-state index contributed by atoms with van der Waals surface area (Å²) < 4.78 is 0. The molecule has 0 fully saturated rings. The lowest BCUT2D eigenvalue weighted by Crippen LogP contribution is -2.21. The molecule has 0 aromatic carbocycles. The number of hydrogen-bond acceptors (Lipinski definition) is 1. The number of amides is 1. The average molecular weight is 102 g/mol. The summed E-state index contributed by atoms with van der Waals surface area (Å²) in [4.78, 5) is 10.8. The molecule has 0 saturated heterocycles. The van der Waals surface area contributed by atoms with Gasteiger partial charge in [0.15, 0.2) is 0 Å². The molecule has 41 valence electrons. The molecule has 0 aromatic rings. The molecular weight excluding hydrogens is 94.0 g/mol. The Bertz CT molecular complexity index is 72.1. The summed E-state index contributed by atoms with van der Waals surface area (Å²) in [5.41, 5.74) is 0. The van der Waals surface area contributed by atoms with Crippen LogP contribution in [0.4, 0.5) is 4.79 Å². The highest BCUT2D eigenvalue weighted by molar-refractivity contribution is 5.64. The second-order valence-electron chi connectivity index (χ2n) is 1.14. The van der Waals surface area contributed by atoms with Gasteiger partial charge in [0.25, 0.3) is 0 Å². The fourth-order valence-electron chi connectivity index (χ4n) is 0.135. The fraction of sp³-hybridized carbons (Fsp3) is 0.500. The van der Waals surface area contributed by atoms with Crippen LogP contribution in [0.3, 0.4) is 0 Å². The van der Waals surface area contributed by atoms with E-state index in [0.717, 1.165) is 4.90 Å². The SMILES string of the molecule is [CH2]N(CC)C(=O)O. The smallest absolute Gasteiger partial charge is 0.407 e. The molecule has 3 nitrogen and oxygen atoms in total. The highest BCUT2D eigenvalue weighted by atomic mass is 16.4. The molecular formula is C4H8NO2. The van der Waals surface area contributed by atoms with E-state index in [0.29, 0.717) is 6.54 Å². The fourth-order valence-corrected chi connectivity index (χ4v) is 0.135. The van der Waals surface area contributed by atoms with Gasteiger partial charge in [0.05, 0.1) is 0 Å². The predicted octanol–water partition coefficient (Wildman–Crippen LogP) is 0.778. The van der Waals surface area contributed by atoms with Crippen molar-refractivity contribution in [2.75, 3.05) is 6.54 Å². The zero-order valence-corrected chi connectivity index (χ0v) is 4.22. The summed E-state index contributed by atoms with van der Waals surface area (Å²) in [6.07, 6.45) is -0.984. The molecule has 0 aliphatic carbocycles. The Balaban J connectivity index is 3.34. The first kappa shape index (κ1) is 6.27. The van der Waals surface area contributed by atoms with Crippen molar-refractivity contribution in [3.05, 3.63) is 7.05 Å². The molecule has 0 unspecified atom stereocenters. The van der Waals surface area contributed by atoms with E-state index in [1.165, 1.54) is 0 Å². The van der Waals surface area contributed by atoms with Crippen LogP contribution in [0.2, 0.25) is 0 Å². The number of carboxylic acid groups (broad SMARTS) is 1. The molecule has 1 amide bonds. The summed E-state index contributed by atoms with van der Waals surface area (Å²) in [5, 5.41) is 8.05. The Labute approximate surface area is 42.5 Å². The van der Waals surface area contributed by atoms with Gasteiger partial charge in [-0.1, -0.05) is 0 Å². The molecule has 0 atom stereocenters. The molecule has 0 aromatic heterocycles. The van der Waals surface area contributed by atoms with Crippen LogP contribution in [-0.4, -0.2) is 22.6 Å². The second kappa shape index (κ2) is 2.44. The average Bonchev–Trinajstić information content (AvgIpc) is 1.65. The lowest BCUT2D eigenvalue weighted by atomic mass is 10.7. The van der Waals surface area contributed by atoms with E-state index in [1.54, 1.807) is 6.92 Å². The van der Waals surface area contributed by atoms with E-state index in [4.69, 9.17) is 5.11 Å². The van der Waals surface area contributed by atoms with Crippen molar-refractivity contribution < 1.29 is 9.90 Å². The first-order valence-corrected chi connectivity index (χ1v) is 1.99. The molecule has 0 spiro atoms. The summed E-state index contributed by atoms with van der Waals surface area (Å²) in [6.45, 7) is 2.16. The zero-order chi connectivity index (χ0) is 5.86. The molecule has 0 rings (SSSR count). The van der Waals surface area contributed by atoms with Crippen molar-refractivity contribution >= 4 is 6.09 Å². The van der Waals surface area contributed by atoms with Crippen LogP contribution in [0.5, 0.6) is 0 Å². The normalized spacial score (nSPS) is 8.29. The van der Waals surface area contributed by atoms with Gasteiger partial charge in [0, 0.05) is 13.6 Å². The Kier molecular flexibility index (Phi) is 2.19. The number of hydrogen-bond donors (Lipinski definition) is 1. The molecule has 0 aliphatic rings. The van der Waals surface area contributed by atoms with E-state index in [2.05, 4.69) is 7.05 Å². The van der Waals surface area contributed by atoms with Gasteiger partial charge in [-0.25, -0.2) is 4.79 Å². The van der Waals surface area contributed by atoms with Crippen LogP contribution in [0.1, 0.15) is 6.92 Å². The van der Waals surface area contributed by atoms with E-state index >= 15 is 0 Å². The first-order valence-electron chi connectivity index (χ1n) is 1.99. The van der Waals surface area contributed by atoms with Crippen LogP contribution < -0.4 is 0 Å². The van der Waals surface area contributed by atoms with E-state index in [-0.39, 0.29) is 0 Å². The highest BCUT2D eigenvalue weighted by Crippen LogP contribution is 1.80. The van der Waals surface area contributed by atoms with Crippen LogP contribution >= 0.6 is 0 Å². The van der Waals surface area contributed by atoms with Gasteiger partial charge in [0.1, 0.15) is 0 Å². The quantitative estimate of drug-likeness (QED) is 0.531. The maximum Gasteiger partial charge on any atom is 0.407 e. The molecule has 1 radical (unpaired) electrons. The van der Waals surface area contributed by atoms with Crippen molar-refractivity contribution in [2.24, 2.45) is 0 Å². The molecule has 0 heterocycles. The van der Waals surface area contributed by atoms with Gasteiger partial charge in [0.2, 0.25) is 0 Å². The van der Waals surface area contributed by atoms with Gasteiger partial charge >= 0.3 is 6.09 Å². The molecule has 7 heavy (non-hydrogen) atoms. The third-order valence-corrected chi connectivity index (χ3v) is 0.652. The molecule has 3 heteroatoms. The maximum absolute atomic E-state index is 9.79. The van der Waals surface area contributed by atoms with Gasteiger partial charge in [-0.05, 0) is 6.92 Å². The minimum absolute atomic E-state index is 0.440. The minimum atomic E-state index is -0.984. The Morgan fingerprint density at radius 3 is 2.43 bits per heavy atom. The Morgan fingerprint density at radius 2 is 2.43 bits per heavy atom. The predicted molar refractivity (Wildman–Crippen MR) is 25.8 cm³/mol. The van der Waals surface area contributed by atoms with E-state index in [1.807, 2.05) is 0 Å².